The number of carbonyl (C=O) groups excluding carboxylic acids is 2. The normalized spacial score (nSPS) is 15.7. The SMILES string of the molecule is CC1c2cccn2CCN1C(=O)Cc1ccc(NC(=O)c2cccc(Br)c2)cc1. The maximum atomic E-state index is 12.8. The van der Waals surface area contributed by atoms with Gasteiger partial charge in [0, 0.05) is 40.7 Å². The Morgan fingerprint density at radius 1 is 1.07 bits per heavy atom. The van der Waals surface area contributed by atoms with Gasteiger partial charge in [-0.1, -0.05) is 34.1 Å². The van der Waals surface area contributed by atoms with Gasteiger partial charge in [-0.25, -0.2) is 0 Å². The molecule has 2 amide bonds. The topological polar surface area (TPSA) is 54.3 Å². The molecule has 1 aromatic heterocycles. The summed E-state index contributed by atoms with van der Waals surface area (Å²) in [5, 5.41) is 2.89. The molecule has 0 spiro atoms. The molecule has 0 saturated heterocycles. The van der Waals surface area contributed by atoms with Gasteiger partial charge in [0.1, 0.15) is 0 Å². The smallest absolute Gasteiger partial charge is 0.255 e. The third-order valence-corrected chi connectivity index (χ3v) is 5.81. The van der Waals surface area contributed by atoms with Crippen LogP contribution < -0.4 is 5.32 Å². The first-order valence-corrected chi connectivity index (χ1v) is 10.4. The van der Waals surface area contributed by atoms with Crippen LogP contribution >= 0.6 is 15.9 Å². The molecular weight excluding hydrogens is 430 g/mol. The Labute approximate surface area is 178 Å². The minimum atomic E-state index is -0.166. The number of benzene rings is 2. The lowest BCUT2D eigenvalue weighted by molar-refractivity contribution is -0.133. The molecule has 1 aliphatic heterocycles. The van der Waals surface area contributed by atoms with Crippen molar-refractivity contribution in [1.29, 1.82) is 0 Å². The minimum Gasteiger partial charge on any atom is -0.348 e. The standard InChI is InChI=1S/C23H22BrN3O2/c1-16-21-6-3-11-26(21)12-13-27(16)22(28)14-17-7-9-20(10-8-17)25-23(29)18-4-2-5-19(24)15-18/h2-11,15-16H,12-14H2,1H3,(H,25,29). The first kappa shape index (κ1) is 19.5. The van der Waals surface area contributed by atoms with Gasteiger partial charge in [0.05, 0.1) is 12.5 Å². The van der Waals surface area contributed by atoms with E-state index in [2.05, 4.69) is 45.0 Å². The van der Waals surface area contributed by atoms with Crippen LogP contribution in [-0.2, 0) is 17.8 Å². The molecule has 4 rings (SSSR count). The van der Waals surface area contributed by atoms with Gasteiger partial charge in [-0.2, -0.15) is 0 Å². The quantitative estimate of drug-likeness (QED) is 0.627. The third kappa shape index (κ3) is 4.27. The Balaban J connectivity index is 1.38. The highest BCUT2D eigenvalue weighted by Crippen LogP contribution is 2.26. The number of anilines is 1. The molecule has 0 saturated carbocycles. The van der Waals surface area contributed by atoms with Crippen molar-refractivity contribution >= 4 is 33.4 Å². The molecule has 1 aliphatic rings. The van der Waals surface area contributed by atoms with Crippen molar-refractivity contribution in [3.8, 4) is 0 Å². The highest BCUT2D eigenvalue weighted by atomic mass is 79.9. The molecule has 3 aromatic rings. The van der Waals surface area contributed by atoms with E-state index >= 15 is 0 Å². The van der Waals surface area contributed by atoms with Gasteiger partial charge in [0.15, 0.2) is 0 Å². The van der Waals surface area contributed by atoms with Crippen LogP contribution in [0.1, 0.15) is 34.6 Å². The van der Waals surface area contributed by atoms with Crippen LogP contribution in [0.4, 0.5) is 5.69 Å². The van der Waals surface area contributed by atoms with E-state index in [1.165, 1.54) is 5.69 Å². The van der Waals surface area contributed by atoms with E-state index in [1.807, 2.05) is 47.4 Å². The summed E-state index contributed by atoms with van der Waals surface area (Å²) >= 11 is 3.37. The zero-order valence-corrected chi connectivity index (χ0v) is 17.7. The number of aromatic nitrogens is 1. The van der Waals surface area contributed by atoms with E-state index in [9.17, 15) is 9.59 Å². The number of carbonyl (C=O) groups is 2. The molecule has 5 nitrogen and oxygen atoms in total. The molecule has 0 fully saturated rings. The third-order valence-electron chi connectivity index (χ3n) is 5.32. The van der Waals surface area contributed by atoms with Gasteiger partial charge in [-0.05, 0) is 55.0 Å². The largest absolute Gasteiger partial charge is 0.348 e. The summed E-state index contributed by atoms with van der Waals surface area (Å²) in [5.41, 5.74) is 3.40. The van der Waals surface area contributed by atoms with Crippen molar-refractivity contribution in [1.82, 2.24) is 9.47 Å². The average Bonchev–Trinajstić information content (AvgIpc) is 3.19. The van der Waals surface area contributed by atoms with Crippen LogP contribution in [0.25, 0.3) is 0 Å². The molecule has 148 valence electrons. The maximum absolute atomic E-state index is 12.8. The molecule has 1 N–H and O–H groups in total. The van der Waals surface area contributed by atoms with E-state index in [4.69, 9.17) is 0 Å². The summed E-state index contributed by atoms with van der Waals surface area (Å²) in [4.78, 5) is 27.1. The molecular formula is C23H22BrN3O2. The van der Waals surface area contributed by atoms with Gasteiger partial charge in [0.25, 0.3) is 5.91 Å². The summed E-state index contributed by atoms with van der Waals surface area (Å²) in [6.45, 7) is 3.63. The number of nitrogens with one attached hydrogen (secondary N) is 1. The summed E-state index contributed by atoms with van der Waals surface area (Å²) < 4.78 is 3.07. The lowest BCUT2D eigenvalue weighted by Gasteiger charge is -2.35. The van der Waals surface area contributed by atoms with Gasteiger partial charge in [-0.15, -0.1) is 0 Å². The molecule has 0 bridgehead atoms. The number of hydrogen-bond donors (Lipinski definition) is 1. The Morgan fingerprint density at radius 3 is 2.62 bits per heavy atom. The molecule has 6 heteroatoms. The van der Waals surface area contributed by atoms with E-state index in [0.29, 0.717) is 17.7 Å². The van der Waals surface area contributed by atoms with Crippen LogP contribution in [-0.4, -0.2) is 27.8 Å². The molecule has 1 unspecified atom stereocenters. The first-order chi connectivity index (χ1) is 14.0. The Morgan fingerprint density at radius 2 is 1.86 bits per heavy atom. The second-order valence-corrected chi connectivity index (χ2v) is 8.14. The van der Waals surface area contributed by atoms with Crippen LogP contribution in [0.3, 0.4) is 0 Å². The number of nitrogens with zero attached hydrogens (tertiary/aromatic N) is 2. The van der Waals surface area contributed by atoms with Crippen molar-refractivity contribution in [2.45, 2.75) is 25.9 Å². The van der Waals surface area contributed by atoms with Crippen LogP contribution in [0.5, 0.6) is 0 Å². The van der Waals surface area contributed by atoms with Crippen molar-refractivity contribution in [3.63, 3.8) is 0 Å². The fraction of sp³-hybridized carbons (Fsp3) is 0.217. The summed E-state index contributed by atoms with van der Waals surface area (Å²) in [6.07, 6.45) is 2.42. The van der Waals surface area contributed by atoms with E-state index in [0.717, 1.165) is 23.1 Å². The zero-order chi connectivity index (χ0) is 20.4. The molecule has 0 radical (unpaired) electrons. The Hall–Kier alpha value is -2.86. The number of fused-ring (bicyclic) bond motifs is 1. The average molecular weight is 452 g/mol. The van der Waals surface area contributed by atoms with Crippen LogP contribution in [0.15, 0.2) is 71.3 Å². The van der Waals surface area contributed by atoms with Crippen molar-refractivity contribution in [3.05, 3.63) is 88.2 Å². The second kappa shape index (κ2) is 8.25. The molecule has 2 aromatic carbocycles. The zero-order valence-electron chi connectivity index (χ0n) is 16.1. The number of rotatable bonds is 4. The van der Waals surface area contributed by atoms with E-state index in [1.54, 1.807) is 12.1 Å². The van der Waals surface area contributed by atoms with E-state index < -0.39 is 0 Å². The molecule has 2 heterocycles. The highest BCUT2D eigenvalue weighted by Gasteiger charge is 2.27. The predicted molar refractivity (Wildman–Crippen MR) is 117 cm³/mol. The fourth-order valence-electron chi connectivity index (χ4n) is 3.73. The predicted octanol–water partition coefficient (Wildman–Crippen LogP) is 4.65. The van der Waals surface area contributed by atoms with Gasteiger partial charge < -0.3 is 14.8 Å². The molecule has 29 heavy (non-hydrogen) atoms. The lowest BCUT2D eigenvalue weighted by Crippen LogP contribution is -2.41. The monoisotopic (exact) mass is 451 g/mol. The van der Waals surface area contributed by atoms with Gasteiger partial charge >= 0.3 is 0 Å². The first-order valence-electron chi connectivity index (χ1n) is 9.61. The summed E-state index contributed by atoms with van der Waals surface area (Å²) in [5.74, 6) is -0.0452. The minimum absolute atomic E-state index is 0.0787. The molecule has 0 aliphatic carbocycles. The van der Waals surface area contributed by atoms with Gasteiger partial charge in [-0.3, -0.25) is 9.59 Å². The van der Waals surface area contributed by atoms with Crippen LogP contribution in [0.2, 0.25) is 0 Å². The molecule has 1 atom stereocenters. The maximum Gasteiger partial charge on any atom is 0.255 e. The number of amides is 2. The van der Waals surface area contributed by atoms with E-state index in [-0.39, 0.29) is 17.9 Å². The highest BCUT2D eigenvalue weighted by molar-refractivity contribution is 9.10. The van der Waals surface area contributed by atoms with Crippen LogP contribution in [0, 0.1) is 0 Å². The lowest BCUT2D eigenvalue weighted by atomic mass is 10.1. The summed E-state index contributed by atoms with van der Waals surface area (Å²) in [7, 11) is 0. The van der Waals surface area contributed by atoms with Crippen molar-refractivity contribution < 1.29 is 9.59 Å². The number of halogens is 1. The Bertz CT molecular complexity index is 1040. The fourth-order valence-corrected chi connectivity index (χ4v) is 4.13. The Kier molecular flexibility index (Phi) is 5.53. The van der Waals surface area contributed by atoms with Gasteiger partial charge in [0.2, 0.25) is 5.91 Å². The number of hydrogen-bond acceptors (Lipinski definition) is 2. The summed E-state index contributed by atoms with van der Waals surface area (Å²) in [6, 6.07) is 18.9. The van der Waals surface area contributed by atoms with Crippen molar-refractivity contribution in [2.24, 2.45) is 0 Å². The second-order valence-electron chi connectivity index (χ2n) is 7.23. The van der Waals surface area contributed by atoms with Crippen molar-refractivity contribution in [2.75, 3.05) is 11.9 Å².